The third-order valence-corrected chi connectivity index (χ3v) is 4.93. The zero-order valence-corrected chi connectivity index (χ0v) is 14.3. The third-order valence-electron chi connectivity index (χ3n) is 3.38. The first kappa shape index (κ1) is 18.2. The molecule has 2 rings (SSSR count). The van der Waals surface area contributed by atoms with E-state index in [1.165, 1.54) is 12.1 Å². The van der Waals surface area contributed by atoms with Crippen LogP contribution in [0.2, 0.25) is 5.02 Å². The number of benzene rings is 2. The van der Waals surface area contributed by atoms with E-state index in [0.717, 1.165) is 22.7 Å². The van der Waals surface area contributed by atoms with Gasteiger partial charge < -0.3 is 5.11 Å². The van der Waals surface area contributed by atoms with Gasteiger partial charge in [0.15, 0.2) is 0 Å². The van der Waals surface area contributed by atoms with Crippen molar-refractivity contribution in [1.29, 1.82) is 0 Å². The predicted octanol–water partition coefficient (Wildman–Crippen LogP) is 2.94. The molecule has 8 heteroatoms. The van der Waals surface area contributed by atoms with Crippen molar-refractivity contribution < 1.29 is 22.7 Å². The summed E-state index contributed by atoms with van der Waals surface area (Å²) in [6, 6.07) is 9.77. The lowest BCUT2D eigenvalue weighted by Gasteiger charge is -2.29. The standard InChI is InChI=1S/C16H15ClFNO4S/c1-24(22,23)19(13-8-6-12(18)7-9-13)15(16(20)21)10-11-4-2-3-5-14(11)17/h2-9,15H,10H2,1H3,(H,20,21)/t15-/m0/s1. The van der Waals surface area contributed by atoms with Gasteiger partial charge in [-0.3, -0.25) is 4.31 Å². The number of aliphatic carboxylic acids is 1. The fraction of sp³-hybridized carbons (Fsp3) is 0.188. The fourth-order valence-electron chi connectivity index (χ4n) is 2.33. The number of nitrogens with zero attached hydrogens (tertiary/aromatic N) is 1. The molecule has 0 saturated carbocycles. The van der Waals surface area contributed by atoms with Gasteiger partial charge in [0.25, 0.3) is 0 Å². The number of carboxylic acid groups (broad SMARTS) is 1. The molecule has 0 fully saturated rings. The number of anilines is 1. The van der Waals surface area contributed by atoms with Gasteiger partial charge in [0.2, 0.25) is 10.0 Å². The number of carbonyl (C=O) groups is 1. The van der Waals surface area contributed by atoms with Crippen molar-refractivity contribution in [3.63, 3.8) is 0 Å². The first-order chi connectivity index (χ1) is 11.2. The molecule has 5 nitrogen and oxygen atoms in total. The van der Waals surface area contributed by atoms with Crippen LogP contribution in [-0.4, -0.2) is 31.8 Å². The van der Waals surface area contributed by atoms with Crippen molar-refractivity contribution in [2.24, 2.45) is 0 Å². The van der Waals surface area contributed by atoms with Gasteiger partial charge in [0.1, 0.15) is 11.9 Å². The molecular formula is C16H15ClFNO4S. The highest BCUT2D eigenvalue weighted by Gasteiger charge is 2.33. The quantitative estimate of drug-likeness (QED) is 0.847. The molecule has 2 aromatic carbocycles. The van der Waals surface area contributed by atoms with Gasteiger partial charge in [0, 0.05) is 11.4 Å². The molecule has 0 aliphatic heterocycles. The molecule has 0 heterocycles. The zero-order valence-electron chi connectivity index (χ0n) is 12.7. The highest BCUT2D eigenvalue weighted by atomic mass is 35.5. The highest BCUT2D eigenvalue weighted by molar-refractivity contribution is 7.92. The molecule has 0 aliphatic rings. The summed E-state index contributed by atoms with van der Waals surface area (Å²) < 4.78 is 38.2. The van der Waals surface area contributed by atoms with Crippen molar-refractivity contribution in [3.05, 3.63) is 64.9 Å². The summed E-state index contributed by atoms with van der Waals surface area (Å²) in [6.07, 6.45) is 0.776. The number of sulfonamides is 1. The fourth-order valence-corrected chi connectivity index (χ4v) is 3.68. The van der Waals surface area contributed by atoms with Crippen LogP contribution in [-0.2, 0) is 21.2 Å². The van der Waals surface area contributed by atoms with Gasteiger partial charge in [-0.05, 0) is 35.9 Å². The SMILES string of the molecule is CS(=O)(=O)N(c1ccc(F)cc1)[C@@H](Cc1ccccc1Cl)C(=O)O. The van der Waals surface area contributed by atoms with Gasteiger partial charge in [-0.2, -0.15) is 0 Å². The smallest absolute Gasteiger partial charge is 0.327 e. The summed E-state index contributed by atoms with van der Waals surface area (Å²) >= 11 is 6.05. The Hall–Kier alpha value is -2.12. The Kier molecular flexibility index (Phi) is 5.46. The van der Waals surface area contributed by atoms with Crippen molar-refractivity contribution in [2.75, 3.05) is 10.6 Å². The van der Waals surface area contributed by atoms with Gasteiger partial charge >= 0.3 is 5.97 Å². The molecule has 0 spiro atoms. The Labute approximate surface area is 144 Å². The Morgan fingerprint density at radius 2 is 1.79 bits per heavy atom. The first-order valence-electron chi connectivity index (χ1n) is 6.91. The summed E-state index contributed by atoms with van der Waals surface area (Å²) in [5.74, 6) is -1.88. The second-order valence-corrected chi connectivity index (χ2v) is 7.45. The van der Waals surface area contributed by atoms with Crippen molar-refractivity contribution >= 4 is 33.3 Å². The Morgan fingerprint density at radius 3 is 2.29 bits per heavy atom. The molecule has 24 heavy (non-hydrogen) atoms. The van der Waals surface area contributed by atoms with E-state index in [1.54, 1.807) is 24.3 Å². The average molecular weight is 372 g/mol. The van der Waals surface area contributed by atoms with E-state index in [9.17, 15) is 22.7 Å². The summed E-state index contributed by atoms with van der Waals surface area (Å²) in [6.45, 7) is 0. The van der Waals surface area contributed by atoms with Gasteiger partial charge in [-0.1, -0.05) is 29.8 Å². The van der Waals surface area contributed by atoms with Crippen LogP contribution in [0.25, 0.3) is 0 Å². The Bertz CT molecular complexity index is 839. The average Bonchev–Trinajstić information content (AvgIpc) is 2.49. The largest absolute Gasteiger partial charge is 0.480 e. The van der Waals surface area contributed by atoms with Crippen LogP contribution in [0.15, 0.2) is 48.5 Å². The number of hydrogen-bond acceptors (Lipinski definition) is 3. The van der Waals surface area contributed by atoms with E-state index in [4.69, 9.17) is 11.6 Å². The van der Waals surface area contributed by atoms with Gasteiger partial charge in [-0.25, -0.2) is 17.6 Å². The lowest BCUT2D eigenvalue weighted by atomic mass is 10.1. The van der Waals surface area contributed by atoms with E-state index in [-0.39, 0.29) is 12.1 Å². The van der Waals surface area contributed by atoms with Crippen LogP contribution in [0.4, 0.5) is 10.1 Å². The molecule has 1 N–H and O–H groups in total. The minimum atomic E-state index is -3.92. The summed E-state index contributed by atoms with van der Waals surface area (Å²) in [5, 5.41) is 9.90. The number of carboxylic acids is 1. The van der Waals surface area contributed by atoms with Crippen molar-refractivity contribution in [2.45, 2.75) is 12.5 Å². The first-order valence-corrected chi connectivity index (χ1v) is 9.14. The molecule has 0 saturated heterocycles. The van der Waals surface area contributed by atoms with Crippen LogP contribution in [0.5, 0.6) is 0 Å². The van der Waals surface area contributed by atoms with E-state index in [0.29, 0.717) is 10.6 Å². The molecule has 0 aromatic heterocycles. The zero-order chi connectivity index (χ0) is 17.9. The maximum atomic E-state index is 13.1. The normalized spacial score (nSPS) is 12.6. The molecule has 0 unspecified atom stereocenters. The number of rotatable bonds is 6. The Morgan fingerprint density at radius 1 is 1.21 bits per heavy atom. The number of halogens is 2. The molecular weight excluding hydrogens is 357 g/mol. The maximum absolute atomic E-state index is 13.1. The second kappa shape index (κ2) is 7.19. The summed E-state index contributed by atoms with van der Waals surface area (Å²) in [4.78, 5) is 11.7. The minimum absolute atomic E-state index is 0.0679. The molecule has 128 valence electrons. The van der Waals surface area contributed by atoms with E-state index < -0.39 is 27.9 Å². The molecule has 0 bridgehead atoms. The summed E-state index contributed by atoms with van der Waals surface area (Å²) in [5.41, 5.74) is 0.570. The van der Waals surface area contributed by atoms with E-state index in [2.05, 4.69) is 0 Å². The molecule has 0 amide bonds. The van der Waals surface area contributed by atoms with Crippen LogP contribution >= 0.6 is 11.6 Å². The van der Waals surface area contributed by atoms with Crippen LogP contribution in [0.1, 0.15) is 5.56 Å². The molecule has 0 radical (unpaired) electrons. The molecule has 1 atom stereocenters. The van der Waals surface area contributed by atoms with Crippen LogP contribution < -0.4 is 4.31 Å². The highest BCUT2D eigenvalue weighted by Crippen LogP contribution is 2.25. The molecule has 0 aliphatic carbocycles. The minimum Gasteiger partial charge on any atom is -0.480 e. The van der Waals surface area contributed by atoms with Crippen LogP contribution in [0, 0.1) is 5.82 Å². The maximum Gasteiger partial charge on any atom is 0.327 e. The van der Waals surface area contributed by atoms with Crippen molar-refractivity contribution in [3.8, 4) is 0 Å². The summed E-state index contributed by atoms with van der Waals surface area (Å²) in [7, 11) is -3.92. The van der Waals surface area contributed by atoms with E-state index in [1.807, 2.05) is 0 Å². The number of hydrogen-bond donors (Lipinski definition) is 1. The predicted molar refractivity (Wildman–Crippen MR) is 90.3 cm³/mol. The monoisotopic (exact) mass is 371 g/mol. The van der Waals surface area contributed by atoms with Gasteiger partial charge in [-0.15, -0.1) is 0 Å². The Balaban J connectivity index is 2.49. The van der Waals surface area contributed by atoms with E-state index >= 15 is 0 Å². The third kappa shape index (κ3) is 4.24. The van der Waals surface area contributed by atoms with Crippen LogP contribution in [0.3, 0.4) is 0 Å². The second-order valence-electron chi connectivity index (χ2n) is 5.18. The molecule has 2 aromatic rings. The topological polar surface area (TPSA) is 74.7 Å². The van der Waals surface area contributed by atoms with Crippen molar-refractivity contribution in [1.82, 2.24) is 0 Å². The lowest BCUT2D eigenvalue weighted by molar-refractivity contribution is -0.138. The lowest BCUT2D eigenvalue weighted by Crippen LogP contribution is -2.46. The van der Waals surface area contributed by atoms with Gasteiger partial charge in [0.05, 0.1) is 11.9 Å².